The van der Waals surface area contributed by atoms with Gasteiger partial charge in [0.1, 0.15) is 0 Å². The Bertz CT molecular complexity index is 821. The van der Waals surface area contributed by atoms with Crippen LogP contribution in [0.5, 0.6) is 0 Å². The molecule has 4 rings (SSSR count). The molecule has 0 aromatic heterocycles. The van der Waals surface area contributed by atoms with Crippen molar-refractivity contribution < 1.29 is 9.45 Å². The van der Waals surface area contributed by atoms with Crippen LogP contribution in [-0.4, -0.2) is 51.6 Å². The van der Waals surface area contributed by atoms with Crippen molar-refractivity contribution in [2.24, 2.45) is 0 Å². The molecule has 0 bridgehead atoms. The number of para-hydroxylation sites is 1. The number of nitrogens with zero attached hydrogens (tertiary/aromatic N) is 3. The lowest BCUT2D eigenvalue weighted by Crippen LogP contribution is -2.48. The van der Waals surface area contributed by atoms with Gasteiger partial charge in [0, 0.05) is 51.1 Å². The average Bonchev–Trinajstić information content (AvgIpc) is 2.88. The maximum atomic E-state index is 12.8. The molecular formula is C22H28BN3O2. The van der Waals surface area contributed by atoms with E-state index in [0.29, 0.717) is 20.6 Å². The Labute approximate surface area is 168 Å². The summed E-state index contributed by atoms with van der Waals surface area (Å²) in [6.07, 6.45) is 2.53. The molecule has 6 heteroatoms. The van der Waals surface area contributed by atoms with Crippen molar-refractivity contribution in [3.05, 3.63) is 59.7 Å². The van der Waals surface area contributed by atoms with Crippen LogP contribution in [0.4, 0.5) is 11.4 Å². The monoisotopic (exact) mass is 377 g/mol. The lowest BCUT2D eigenvalue weighted by atomic mass is 10.1. The highest BCUT2D eigenvalue weighted by Crippen LogP contribution is 2.29. The van der Waals surface area contributed by atoms with Crippen LogP contribution in [0.15, 0.2) is 48.5 Å². The van der Waals surface area contributed by atoms with Crippen molar-refractivity contribution in [2.75, 3.05) is 43.1 Å². The third-order valence-corrected chi connectivity index (χ3v) is 5.72. The van der Waals surface area contributed by atoms with Crippen LogP contribution < -0.4 is 9.80 Å². The number of benzene rings is 2. The molecule has 2 aromatic carbocycles. The highest BCUT2D eigenvalue weighted by molar-refractivity contribution is 6.23. The van der Waals surface area contributed by atoms with Gasteiger partial charge in [0.25, 0.3) is 0 Å². The van der Waals surface area contributed by atoms with Gasteiger partial charge in [-0.3, -0.25) is 4.79 Å². The molecular weight excluding hydrogens is 349 g/mol. The summed E-state index contributed by atoms with van der Waals surface area (Å²) in [5, 5.41) is 0. The molecule has 0 N–H and O–H groups in total. The molecule has 0 radical (unpaired) electrons. The Morgan fingerprint density at radius 3 is 2.64 bits per heavy atom. The number of fused-ring (bicyclic) bond motifs is 1. The zero-order valence-corrected chi connectivity index (χ0v) is 16.6. The van der Waals surface area contributed by atoms with Crippen LogP contribution in [-0.2, 0) is 22.4 Å². The van der Waals surface area contributed by atoms with E-state index in [1.54, 1.807) is 7.11 Å². The van der Waals surface area contributed by atoms with E-state index in [0.717, 1.165) is 44.7 Å². The topological polar surface area (TPSA) is 36.0 Å². The summed E-state index contributed by atoms with van der Waals surface area (Å²) < 4.78 is 5.24. The minimum Gasteiger partial charge on any atom is -0.427 e. The van der Waals surface area contributed by atoms with Gasteiger partial charge in [0.2, 0.25) is 5.91 Å². The number of aryl methyl sites for hydroxylation is 1. The quantitative estimate of drug-likeness (QED) is 0.751. The molecule has 28 heavy (non-hydrogen) atoms. The summed E-state index contributed by atoms with van der Waals surface area (Å²) >= 11 is 0. The molecule has 2 aliphatic heterocycles. The standard InChI is InChI=1S/C22H28BN3O2/c1-28-23-25-14-12-24(13-15-25)20-9-4-6-18(16-20)17-26-21-10-3-2-7-19(21)8-5-11-22(26)27/h2-4,6-7,9-10,16,23H,5,8,11-15,17H2,1H3. The molecule has 1 saturated heterocycles. The van der Waals surface area contributed by atoms with Crippen molar-refractivity contribution in [2.45, 2.75) is 25.8 Å². The Kier molecular flexibility index (Phi) is 5.98. The number of amides is 1. The average molecular weight is 377 g/mol. The Hall–Kier alpha value is -2.31. The van der Waals surface area contributed by atoms with Gasteiger partial charge in [0.15, 0.2) is 0 Å². The lowest BCUT2D eigenvalue weighted by Gasteiger charge is -2.35. The van der Waals surface area contributed by atoms with Crippen molar-refractivity contribution in [1.82, 2.24) is 4.81 Å². The van der Waals surface area contributed by atoms with E-state index in [9.17, 15) is 4.79 Å². The van der Waals surface area contributed by atoms with E-state index in [1.807, 2.05) is 11.0 Å². The van der Waals surface area contributed by atoms with Gasteiger partial charge in [-0.15, -0.1) is 0 Å². The molecule has 146 valence electrons. The fourth-order valence-corrected chi connectivity index (χ4v) is 4.21. The summed E-state index contributed by atoms with van der Waals surface area (Å²) in [6.45, 7) is 4.65. The van der Waals surface area contributed by atoms with E-state index in [1.165, 1.54) is 16.8 Å². The highest BCUT2D eigenvalue weighted by Gasteiger charge is 2.23. The van der Waals surface area contributed by atoms with Gasteiger partial charge in [-0.25, -0.2) is 0 Å². The van der Waals surface area contributed by atoms with Gasteiger partial charge in [0.05, 0.1) is 6.54 Å². The SMILES string of the molecule is COBN1CCN(c2cccc(CN3C(=O)CCCc4ccccc43)c2)CC1. The van der Waals surface area contributed by atoms with Crippen LogP contribution in [0, 0.1) is 0 Å². The Morgan fingerprint density at radius 1 is 1.00 bits per heavy atom. The van der Waals surface area contributed by atoms with Crippen LogP contribution >= 0.6 is 0 Å². The molecule has 0 aliphatic carbocycles. The summed E-state index contributed by atoms with van der Waals surface area (Å²) in [7, 11) is 2.45. The number of carbonyl (C=O) groups excluding carboxylic acids is 1. The molecule has 5 nitrogen and oxygen atoms in total. The molecule has 1 amide bonds. The molecule has 2 aliphatic rings. The van der Waals surface area contributed by atoms with E-state index in [4.69, 9.17) is 4.65 Å². The first-order chi connectivity index (χ1) is 13.7. The van der Waals surface area contributed by atoms with Crippen molar-refractivity contribution in [3.8, 4) is 0 Å². The van der Waals surface area contributed by atoms with Crippen LogP contribution in [0.25, 0.3) is 0 Å². The highest BCUT2D eigenvalue weighted by atomic mass is 16.4. The molecule has 0 saturated carbocycles. The first kappa shape index (κ1) is 19.0. The van der Waals surface area contributed by atoms with Crippen LogP contribution in [0.1, 0.15) is 24.0 Å². The second-order valence-electron chi connectivity index (χ2n) is 7.65. The Morgan fingerprint density at radius 2 is 1.82 bits per heavy atom. The predicted octanol–water partition coefficient (Wildman–Crippen LogP) is 2.59. The molecule has 1 fully saturated rings. The number of anilines is 2. The van der Waals surface area contributed by atoms with E-state index in [-0.39, 0.29) is 5.91 Å². The van der Waals surface area contributed by atoms with Crippen molar-refractivity contribution >= 4 is 24.9 Å². The lowest BCUT2D eigenvalue weighted by molar-refractivity contribution is -0.118. The van der Waals surface area contributed by atoms with Gasteiger partial charge < -0.3 is 19.3 Å². The maximum Gasteiger partial charge on any atom is 0.363 e. The fraction of sp³-hybridized carbons (Fsp3) is 0.409. The number of piperazine rings is 1. The molecule has 0 atom stereocenters. The normalized spacial score (nSPS) is 18.0. The number of hydrogen-bond acceptors (Lipinski definition) is 4. The molecule has 2 heterocycles. The smallest absolute Gasteiger partial charge is 0.363 e. The third-order valence-electron chi connectivity index (χ3n) is 5.72. The zero-order chi connectivity index (χ0) is 19.3. The van der Waals surface area contributed by atoms with Gasteiger partial charge in [-0.05, 0) is 42.2 Å². The molecule has 0 spiro atoms. The summed E-state index contributed by atoms with van der Waals surface area (Å²) in [4.78, 5) is 19.5. The van der Waals surface area contributed by atoms with Gasteiger partial charge in [-0.1, -0.05) is 30.3 Å². The first-order valence-electron chi connectivity index (χ1n) is 10.2. The zero-order valence-electron chi connectivity index (χ0n) is 16.6. The maximum absolute atomic E-state index is 12.8. The summed E-state index contributed by atoms with van der Waals surface area (Å²) in [5.74, 6) is 0.225. The van der Waals surface area contributed by atoms with E-state index in [2.05, 4.69) is 52.2 Å². The number of hydrogen-bond donors (Lipinski definition) is 0. The largest absolute Gasteiger partial charge is 0.427 e. The molecule has 2 aromatic rings. The third kappa shape index (κ3) is 4.23. The minimum atomic E-state index is 0.225. The summed E-state index contributed by atoms with van der Waals surface area (Å²) in [6, 6.07) is 17.0. The number of carbonyl (C=O) groups is 1. The summed E-state index contributed by atoms with van der Waals surface area (Å²) in [5.41, 5.74) is 4.77. The fourth-order valence-electron chi connectivity index (χ4n) is 4.21. The first-order valence-corrected chi connectivity index (χ1v) is 10.2. The van der Waals surface area contributed by atoms with Gasteiger partial charge in [-0.2, -0.15) is 0 Å². The van der Waals surface area contributed by atoms with Crippen LogP contribution in [0.3, 0.4) is 0 Å². The van der Waals surface area contributed by atoms with Gasteiger partial charge >= 0.3 is 7.62 Å². The Balaban J connectivity index is 1.50. The minimum absolute atomic E-state index is 0.225. The molecule has 0 unspecified atom stereocenters. The predicted molar refractivity (Wildman–Crippen MR) is 115 cm³/mol. The van der Waals surface area contributed by atoms with E-state index >= 15 is 0 Å². The van der Waals surface area contributed by atoms with E-state index < -0.39 is 0 Å². The van der Waals surface area contributed by atoms with Crippen LogP contribution in [0.2, 0.25) is 0 Å². The number of rotatable bonds is 5. The van der Waals surface area contributed by atoms with Crippen molar-refractivity contribution in [3.63, 3.8) is 0 Å². The second-order valence-corrected chi connectivity index (χ2v) is 7.65. The van der Waals surface area contributed by atoms with Crippen molar-refractivity contribution in [1.29, 1.82) is 0 Å². The second kappa shape index (κ2) is 8.80.